The standard InChI is InChI=1S/C29H27FN2O3/c1-19-24(5-4-6-25(19)30)29(28(33)35-17-20-7-10-23(34-3)11-8-20)14-13-22(16-29)21-9-12-26-27(15-21)32(2)18-31-26/h4-12,15-16,18H,13-14,17H2,1-3H3/t29-/m0/s1. The fourth-order valence-electron chi connectivity index (χ4n) is 4.90. The summed E-state index contributed by atoms with van der Waals surface area (Å²) in [5.74, 6) is 0.0299. The Hall–Kier alpha value is -3.93. The minimum absolute atomic E-state index is 0.128. The van der Waals surface area contributed by atoms with E-state index in [2.05, 4.69) is 11.1 Å². The zero-order valence-electron chi connectivity index (χ0n) is 20.0. The average Bonchev–Trinajstić information content (AvgIpc) is 3.49. The molecule has 5 rings (SSSR count). The first-order valence-corrected chi connectivity index (χ1v) is 11.6. The molecule has 0 unspecified atom stereocenters. The summed E-state index contributed by atoms with van der Waals surface area (Å²) >= 11 is 0. The Morgan fingerprint density at radius 1 is 1.14 bits per heavy atom. The number of benzene rings is 3. The van der Waals surface area contributed by atoms with Crippen molar-refractivity contribution >= 4 is 22.6 Å². The molecule has 1 aliphatic rings. The van der Waals surface area contributed by atoms with E-state index in [0.717, 1.165) is 33.5 Å². The topological polar surface area (TPSA) is 53.4 Å². The zero-order valence-corrected chi connectivity index (χ0v) is 20.0. The van der Waals surface area contributed by atoms with E-state index in [1.807, 2.05) is 60.2 Å². The monoisotopic (exact) mass is 470 g/mol. The van der Waals surface area contributed by atoms with Gasteiger partial charge in [0.2, 0.25) is 0 Å². The third-order valence-electron chi connectivity index (χ3n) is 6.95. The third-order valence-corrected chi connectivity index (χ3v) is 6.95. The van der Waals surface area contributed by atoms with Gasteiger partial charge in [-0.3, -0.25) is 4.79 Å². The van der Waals surface area contributed by atoms with Gasteiger partial charge in [0.05, 0.1) is 24.5 Å². The van der Waals surface area contributed by atoms with E-state index >= 15 is 0 Å². The molecule has 1 atom stereocenters. The molecular formula is C29H27FN2O3. The summed E-state index contributed by atoms with van der Waals surface area (Å²) in [5.41, 5.74) is 4.91. The molecule has 0 aliphatic heterocycles. The number of imidazole rings is 1. The summed E-state index contributed by atoms with van der Waals surface area (Å²) in [7, 11) is 3.56. The number of carbonyl (C=O) groups is 1. The van der Waals surface area contributed by atoms with E-state index in [-0.39, 0.29) is 18.4 Å². The summed E-state index contributed by atoms with van der Waals surface area (Å²) in [6, 6.07) is 18.4. The first-order chi connectivity index (χ1) is 16.9. The fraction of sp³-hybridized carbons (Fsp3) is 0.241. The second-order valence-corrected chi connectivity index (χ2v) is 9.04. The molecule has 1 aromatic heterocycles. The van der Waals surface area contributed by atoms with Crippen molar-refractivity contribution in [3.05, 3.63) is 101 Å². The second kappa shape index (κ2) is 9.02. The zero-order chi connectivity index (χ0) is 24.6. The van der Waals surface area contributed by atoms with Crippen molar-refractivity contribution in [1.82, 2.24) is 9.55 Å². The summed E-state index contributed by atoms with van der Waals surface area (Å²) in [4.78, 5) is 18.1. The van der Waals surface area contributed by atoms with Crippen molar-refractivity contribution < 1.29 is 18.7 Å². The minimum Gasteiger partial charge on any atom is -0.497 e. The number of fused-ring (bicyclic) bond motifs is 1. The molecule has 0 saturated carbocycles. The molecule has 0 N–H and O–H groups in total. The van der Waals surface area contributed by atoms with Crippen molar-refractivity contribution in [3.8, 4) is 5.75 Å². The Balaban J connectivity index is 1.52. The van der Waals surface area contributed by atoms with Gasteiger partial charge in [-0.25, -0.2) is 9.37 Å². The van der Waals surface area contributed by atoms with Gasteiger partial charge in [-0.1, -0.05) is 36.4 Å². The molecule has 4 aromatic rings. The van der Waals surface area contributed by atoms with Crippen molar-refractivity contribution in [2.24, 2.45) is 7.05 Å². The highest BCUT2D eigenvalue weighted by atomic mass is 19.1. The Kier molecular flexibility index (Phi) is 5.89. The number of ether oxygens (including phenoxy) is 2. The third kappa shape index (κ3) is 4.09. The Labute approximate surface area is 203 Å². The van der Waals surface area contributed by atoms with Gasteiger partial charge >= 0.3 is 5.97 Å². The number of aromatic nitrogens is 2. The van der Waals surface area contributed by atoms with Crippen LogP contribution in [0.2, 0.25) is 0 Å². The van der Waals surface area contributed by atoms with Crippen LogP contribution in [0.15, 0.2) is 73.1 Å². The number of esters is 1. The number of allylic oxidation sites excluding steroid dienone is 1. The minimum atomic E-state index is -1.06. The lowest BCUT2D eigenvalue weighted by Crippen LogP contribution is -2.34. The molecule has 6 heteroatoms. The summed E-state index contributed by atoms with van der Waals surface area (Å²) in [6.07, 6.45) is 4.95. The maximum Gasteiger partial charge on any atom is 0.320 e. The van der Waals surface area contributed by atoms with Crippen molar-refractivity contribution in [3.63, 3.8) is 0 Å². The molecular weight excluding hydrogens is 443 g/mol. The van der Waals surface area contributed by atoms with Gasteiger partial charge in [-0.05, 0) is 77.9 Å². The normalized spacial score (nSPS) is 17.4. The van der Waals surface area contributed by atoms with E-state index in [1.54, 1.807) is 26.4 Å². The summed E-state index contributed by atoms with van der Waals surface area (Å²) in [5, 5.41) is 0. The van der Waals surface area contributed by atoms with Gasteiger partial charge in [0, 0.05) is 7.05 Å². The quantitative estimate of drug-likeness (QED) is 0.330. The van der Waals surface area contributed by atoms with Crippen LogP contribution in [0.4, 0.5) is 4.39 Å². The van der Waals surface area contributed by atoms with Gasteiger partial charge in [0.25, 0.3) is 0 Å². The van der Waals surface area contributed by atoms with E-state index in [4.69, 9.17) is 9.47 Å². The van der Waals surface area contributed by atoms with Crippen LogP contribution in [0, 0.1) is 12.7 Å². The molecule has 1 heterocycles. The first-order valence-electron chi connectivity index (χ1n) is 11.6. The summed E-state index contributed by atoms with van der Waals surface area (Å²) < 4.78 is 27.6. The Morgan fingerprint density at radius 2 is 1.94 bits per heavy atom. The average molecular weight is 471 g/mol. The van der Waals surface area contributed by atoms with Gasteiger partial charge in [0.1, 0.15) is 23.6 Å². The van der Waals surface area contributed by atoms with Gasteiger partial charge < -0.3 is 14.0 Å². The van der Waals surface area contributed by atoms with Crippen LogP contribution < -0.4 is 4.74 Å². The predicted octanol–water partition coefficient (Wildman–Crippen LogP) is 5.89. The largest absolute Gasteiger partial charge is 0.497 e. The van der Waals surface area contributed by atoms with Crippen LogP contribution in [0.3, 0.4) is 0 Å². The molecule has 1 aliphatic carbocycles. The molecule has 35 heavy (non-hydrogen) atoms. The number of halogens is 1. The van der Waals surface area contributed by atoms with Crippen LogP contribution in [-0.2, 0) is 28.6 Å². The molecule has 0 fully saturated rings. The lowest BCUT2D eigenvalue weighted by atomic mass is 9.77. The van der Waals surface area contributed by atoms with Gasteiger partial charge in [-0.15, -0.1) is 0 Å². The number of rotatable bonds is 6. The van der Waals surface area contributed by atoms with Crippen LogP contribution in [0.25, 0.3) is 16.6 Å². The number of aryl methyl sites for hydroxylation is 1. The number of hydrogen-bond donors (Lipinski definition) is 0. The SMILES string of the molecule is COc1ccc(COC(=O)[C@]2(c3cccc(F)c3C)C=C(c3ccc4ncn(C)c4c3)CC2)cc1. The Morgan fingerprint density at radius 3 is 2.71 bits per heavy atom. The molecule has 0 bridgehead atoms. The van der Waals surface area contributed by atoms with Crippen molar-refractivity contribution in [1.29, 1.82) is 0 Å². The van der Waals surface area contributed by atoms with Crippen LogP contribution in [0.1, 0.15) is 35.1 Å². The van der Waals surface area contributed by atoms with Crippen LogP contribution in [-0.4, -0.2) is 22.6 Å². The van der Waals surface area contributed by atoms with E-state index < -0.39 is 5.41 Å². The molecule has 5 nitrogen and oxygen atoms in total. The highest BCUT2D eigenvalue weighted by Gasteiger charge is 2.45. The first kappa shape index (κ1) is 22.8. The van der Waals surface area contributed by atoms with E-state index in [1.165, 1.54) is 6.07 Å². The smallest absolute Gasteiger partial charge is 0.320 e. The molecule has 0 amide bonds. The van der Waals surface area contributed by atoms with Crippen molar-refractivity contribution in [2.75, 3.05) is 7.11 Å². The maximum absolute atomic E-state index is 14.6. The van der Waals surface area contributed by atoms with Crippen LogP contribution >= 0.6 is 0 Å². The predicted molar refractivity (Wildman–Crippen MR) is 134 cm³/mol. The van der Waals surface area contributed by atoms with Crippen LogP contribution in [0.5, 0.6) is 5.75 Å². The number of nitrogens with zero attached hydrogens (tertiary/aromatic N) is 2. The van der Waals surface area contributed by atoms with Gasteiger partial charge in [0.15, 0.2) is 0 Å². The number of methoxy groups -OCH3 is 1. The van der Waals surface area contributed by atoms with E-state index in [9.17, 15) is 9.18 Å². The van der Waals surface area contributed by atoms with E-state index in [0.29, 0.717) is 24.0 Å². The summed E-state index contributed by atoms with van der Waals surface area (Å²) in [6.45, 7) is 1.85. The fourth-order valence-corrected chi connectivity index (χ4v) is 4.90. The lowest BCUT2D eigenvalue weighted by molar-refractivity contribution is -0.150. The molecule has 178 valence electrons. The molecule has 0 radical (unpaired) electrons. The van der Waals surface area contributed by atoms with Crippen molar-refractivity contribution in [2.45, 2.75) is 31.8 Å². The Bertz CT molecular complexity index is 1440. The molecule has 0 spiro atoms. The molecule has 0 saturated heterocycles. The highest BCUT2D eigenvalue weighted by Crippen LogP contribution is 2.45. The number of carbonyl (C=O) groups excluding carboxylic acids is 1. The molecule has 3 aromatic carbocycles. The highest BCUT2D eigenvalue weighted by molar-refractivity contribution is 5.92. The number of hydrogen-bond acceptors (Lipinski definition) is 4. The van der Waals surface area contributed by atoms with Gasteiger partial charge in [-0.2, -0.15) is 0 Å². The second-order valence-electron chi connectivity index (χ2n) is 9.04. The maximum atomic E-state index is 14.6. The lowest BCUT2D eigenvalue weighted by Gasteiger charge is -2.27.